The van der Waals surface area contributed by atoms with E-state index in [1.165, 1.54) is 29.8 Å². The fraction of sp³-hybridized carbons (Fsp3) is 0.375. The molecule has 1 aliphatic rings. The van der Waals surface area contributed by atoms with Gasteiger partial charge in [0.25, 0.3) is 5.91 Å². The number of hydrogen-bond acceptors (Lipinski definition) is 5. The molecular weight excluding hydrogens is 402 g/mol. The van der Waals surface area contributed by atoms with Crippen molar-refractivity contribution in [2.24, 2.45) is 11.8 Å². The summed E-state index contributed by atoms with van der Waals surface area (Å²) in [5.41, 5.74) is 2.77. The maximum atomic E-state index is 12.8. The number of nitriles is 1. The number of benzene rings is 1. The zero-order valence-corrected chi connectivity index (χ0v) is 18.2. The standard InChI is InChI=1S/C24H25N7O/c1-15(2)17-3-6-20(7-4-17)30-14-18-9-19(5-8-22(18)29-30)28-24(32)21-12-27-31-13-16(10-25)11-26-23(21)31/h5,8-9,11-15,17,20H,3-4,6-7H2,1-2H3,(H,28,32). The molecule has 1 aliphatic carbocycles. The Morgan fingerprint density at radius 2 is 2.00 bits per heavy atom. The number of hydrogen-bond donors (Lipinski definition) is 1. The molecule has 0 bridgehead atoms. The Balaban J connectivity index is 1.33. The lowest BCUT2D eigenvalue weighted by Crippen LogP contribution is -2.21. The molecule has 1 fully saturated rings. The second-order valence-corrected chi connectivity index (χ2v) is 8.93. The molecule has 0 spiro atoms. The van der Waals surface area contributed by atoms with Gasteiger partial charge >= 0.3 is 0 Å². The second kappa shape index (κ2) is 8.08. The number of amides is 1. The molecule has 1 N–H and O–H groups in total. The van der Waals surface area contributed by atoms with Gasteiger partial charge in [-0.3, -0.25) is 9.48 Å². The lowest BCUT2D eigenvalue weighted by molar-refractivity contribution is 0.102. The minimum Gasteiger partial charge on any atom is -0.322 e. The van der Waals surface area contributed by atoms with Crippen LogP contribution in [0.2, 0.25) is 0 Å². The smallest absolute Gasteiger partial charge is 0.261 e. The number of carbonyl (C=O) groups is 1. The van der Waals surface area contributed by atoms with E-state index in [0.29, 0.717) is 28.5 Å². The number of rotatable bonds is 4. The van der Waals surface area contributed by atoms with Gasteiger partial charge in [-0.1, -0.05) is 13.8 Å². The molecule has 3 aromatic heterocycles. The predicted octanol–water partition coefficient (Wildman–Crippen LogP) is 4.59. The van der Waals surface area contributed by atoms with Crippen molar-refractivity contribution in [2.75, 3.05) is 5.32 Å². The van der Waals surface area contributed by atoms with Gasteiger partial charge in [0.05, 0.1) is 29.5 Å². The average Bonchev–Trinajstić information content (AvgIpc) is 3.42. The fourth-order valence-corrected chi connectivity index (χ4v) is 4.63. The number of aromatic nitrogens is 5. The fourth-order valence-electron chi connectivity index (χ4n) is 4.63. The summed E-state index contributed by atoms with van der Waals surface area (Å²) in [5.74, 6) is 1.27. The van der Waals surface area contributed by atoms with Crippen molar-refractivity contribution >= 4 is 28.1 Å². The van der Waals surface area contributed by atoms with E-state index in [0.717, 1.165) is 35.6 Å². The Labute approximate surface area is 185 Å². The van der Waals surface area contributed by atoms with Gasteiger partial charge in [0, 0.05) is 23.5 Å². The van der Waals surface area contributed by atoms with Crippen molar-refractivity contribution in [2.45, 2.75) is 45.6 Å². The molecule has 4 aromatic rings. The second-order valence-electron chi connectivity index (χ2n) is 8.93. The normalized spacial score (nSPS) is 18.8. The van der Waals surface area contributed by atoms with E-state index in [2.05, 4.69) is 40.1 Å². The number of anilines is 1. The highest BCUT2D eigenvalue weighted by Crippen LogP contribution is 2.36. The van der Waals surface area contributed by atoms with Gasteiger partial charge < -0.3 is 5.32 Å². The molecule has 162 valence electrons. The first-order chi connectivity index (χ1) is 15.5. The Morgan fingerprint density at radius 1 is 1.19 bits per heavy atom. The third kappa shape index (κ3) is 3.71. The van der Waals surface area contributed by atoms with Gasteiger partial charge in [-0.2, -0.15) is 15.5 Å². The molecule has 3 heterocycles. The molecule has 5 rings (SSSR count). The van der Waals surface area contributed by atoms with Crippen molar-refractivity contribution in [3.8, 4) is 6.07 Å². The van der Waals surface area contributed by atoms with Crippen LogP contribution in [0.25, 0.3) is 16.6 Å². The molecule has 1 amide bonds. The van der Waals surface area contributed by atoms with E-state index in [-0.39, 0.29) is 5.91 Å². The summed E-state index contributed by atoms with van der Waals surface area (Å²) in [6.45, 7) is 4.63. The van der Waals surface area contributed by atoms with E-state index in [9.17, 15) is 4.79 Å². The molecule has 8 heteroatoms. The van der Waals surface area contributed by atoms with E-state index < -0.39 is 0 Å². The molecule has 0 atom stereocenters. The highest BCUT2D eigenvalue weighted by Gasteiger charge is 2.25. The van der Waals surface area contributed by atoms with Crippen molar-refractivity contribution in [3.63, 3.8) is 0 Å². The zero-order chi connectivity index (χ0) is 22.2. The molecule has 1 saturated carbocycles. The van der Waals surface area contributed by atoms with Gasteiger partial charge in [0.1, 0.15) is 11.6 Å². The summed E-state index contributed by atoms with van der Waals surface area (Å²) >= 11 is 0. The summed E-state index contributed by atoms with van der Waals surface area (Å²) in [4.78, 5) is 17.0. The van der Waals surface area contributed by atoms with Crippen LogP contribution in [-0.2, 0) is 0 Å². The number of nitrogens with zero attached hydrogens (tertiary/aromatic N) is 6. The maximum absolute atomic E-state index is 12.8. The monoisotopic (exact) mass is 427 g/mol. The Kier molecular flexibility index (Phi) is 5.10. The molecular formula is C24H25N7O. The van der Waals surface area contributed by atoms with Crippen LogP contribution < -0.4 is 5.32 Å². The molecule has 8 nitrogen and oxygen atoms in total. The predicted molar refractivity (Wildman–Crippen MR) is 121 cm³/mol. The summed E-state index contributed by atoms with van der Waals surface area (Å²) < 4.78 is 3.55. The van der Waals surface area contributed by atoms with Crippen molar-refractivity contribution in [1.82, 2.24) is 24.4 Å². The van der Waals surface area contributed by atoms with Crippen molar-refractivity contribution in [1.29, 1.82) is 5.26 Å². The molecule has 0 saturated heterocycles. The third-order valence-electron chi connectivity index (χ3n) is 6.57. The SMILES string of the molecule is CC(C)C1CCC(n2cc3cc(NC(=O)c4cnn5cc(C#N)cnc45)ccc3n2)CC1. The summed E-state index contributed by atoms with van der Waals surface area (Å²) in [5, 5.41) is 21.9. The largest absolute Gasteiger partial charge is 0.322 e. The van der Waals surface area contributed by atoms with Crippen LogP contribution in [-0.4, -0.2) is 30.3 Å². The van der Waals surface area contributed by atoms with Gasteiger partial charge in [-0.25, -0.2) is 9.50 Å². The van der Waals surface area contributed by atoms with E-state index in [4.69, 9.17) is 10.4 Å². The highest BCUT2D eigenvalue weighted by molar-refractivity contribution is 6.08. The summed E-state index contributed by atoms with van der Waals surface area (Å²) in [7, 11) is 0. The number of fused-ring (bicyclic) bond motifs is 2. The maximum Gasteiger partial charge on any atom is 0.261 e. The third-order valence-corrected chi connectivity index (χ3v) is 6.57. The summed E-state index contributed by atoms with van der Waals surface area (Å²) in [6, 6.07) is 8.21. The molecule has 1 aromatic carbocycles. The van der Waals surface area contributed by atoms with Crippen LogP contribution in [0.15, 0.2) is 43.0 Å². The van der Waals surface area contributed by atoms with Crippen LogP contribution in [0.3, 0.4) is 0 Å². The Morgan fingerprint density at radius 3 is 2.75 bits per heavy atom. The zero-order valence-electron chi connectivity index (χ0n) is 18.2. The Bertz CT molecular complexity index is 1340. The number of nitrogens with one attached hydrogen (secondary N) is 1. The van der Waals surface area contributed by atoms with Gasteiger partial charge in [-0.05, 0) is 55.7 Å². The molecule has 32 heavy (non-hydrogen) atoms. The first-order valence-electron chi connectivity index (χ1n) is 11.1. The van der Waals surface area contributed by atoms with Gasteiger partial charge in [-0.15, -0.1) is 0 Å². The Hall–Kier alpha value is -3.73. The van der Waals surface area contributed by atoms with Crippen LogP contribution in [0.4, 0.5) is 5.69 Å². The lowest BCUT2D eigenvalue weighted by Gasteiger charge is -2.30. The van der Waals surface area contributed by atoms with Crippen LogP contribution in [0.1, 0.15) is 61.5 Å². The van der Waals surface area contributed by atoms with Gasteiger partial charge in [0.2, 0.25) is 0 Å². The van der Waals surface area contributed by atoms with Crippen LogP contribution in [0.5, 0.6) is 0 Å². The number of carbonyl (C=O) groups excluding carboxylic acids is 1. The topological polar surface area (TPSA) is 101 Å². The quantitative estimate of drug-likeness (QED) is 0.513. The van der Waals surface area contributed by atoms with E-state index in [1.807, 2.05) is 24.3 Å². The lowest BCUT2D eigenvalue weighted by atomic mass is 9.80. The first-order valence-corrected chi connectivity index (χ1v) is 11.1. The highest BCUT2D eigenvalue weighted by atomic mass is 16.1. The molecule has 0 aliphatic heterocycles. The van der Waals surface area contributed by atoms with Crippen LogP contribution in [0, 0.1) is 23.2 Å². The minimum absolute atomic E-state index is 0.295. The first kappa shape index (κ1) is 20.2. The molecule has 0 radical (unpaired) electrons. The average molecular weight is 428 g/mol. The van der Waals surface area contributed by atoms with E-state index in [1.54, 1.807) is 6.20 Å². The van der Waals surface area contributed by atoms with E-state index >= 15 is 0 Å². The van der Waals surface area contributed by atoms with Gasteiger partial charge in [0.15, 0.2) is 5.65 Å². The summed E-state index contributed by atoms with van der Waals surface area (Å²) in [6.07, 6.45) is 11.4. The van der Waals surface area contributed by atoms with Crippen molar-refractivity contribution in [3.05, 3.63) is 54.1 Å². The molecule has 0 unspecified atom stereocenters. The van der Waals surface area contributed by atoms with Crippen molar-refractivity contribution < 1.29 is 4.79 Å². The minimum atomic E-state index is -0.295. The van der Waals surface area contributed by atoms with Crippen LogP contribution >= 0.6 is 0 Å².